The second kappa shape index (κ2) is 6.98. The molecule has 1 aromatic heterocycles. The molecular weight excluding hydrogens is 349 g/mol. The van der Waals surface area contributed by atoms with Crippen LogP contribution >= 0.6 is 11.3 Å². The van der Waals surface area contributed by atoms with Crippen molar-refractivity contribution in [1.29, 1.82) is 0 Å². The summed E-state index contributed by atoms with van der Waals surface area (Å²) in [5.74, 6) is -1.02. The van der Waals surface area contributed by atoms with Gasteiger partial charge in [0.1, 0.15) is 5.82 Å². The van der Waals surface area contributed by atoms with Crippen molar-refractivity contribution in [2.75, 3.05) is 6.54 Å². The molecule has 0 radical (unpaired) electrons. The van der Waals surface area contributed by atoms with Crippen LogP contribution in [0.15, 0.2) is 53.9 Å². The second-order valence-electron chi connectivity index (χ2n) is 5.40. The number of halogens is 1. The zero-order valence-corrected chi connectivity index (χ0v) is 14.3. The van der Waals surface area contributed by atoms with Crippen LogP contribution in [-0.2, 0) is 15.8 Å². The van der Waals surface area contributed by atoms with Crippen LogP contribution in [0.3, 0.4) is 0 Å². The van der Waals surface area contributed by atoms with Gasteiger partial charge in [-0.15, -0.1) is 11.3 Å². The minimum absolute atomic E-state index is 0.0977. The molecule has 2 N–H and O–H groups in total. The van der Waals surface area contributed by atoms with Crippen molar-refractivity contribution in [3.63, 3.8) is 0 Å². The molecule has 0 aliphatic carbocycles. The van der Waals surface area contributed by atoms with Gasteiger partial charge in [0, 0.05) is 22.4 Å². The van der Waals surface area contributed by atoms with Gasteiger partial charge < -0.3 is 5.11 Å². The number of sulfonamides is 1. The van der Waals surface area contributed by atoms with Crippen LogP contribution in [0.2, 0.25) is 0 Å². The SMILES string of the molecule is O=S(=O)(Cc1ccccc1F)NCC(O)c1csc2ccccc12. The summed E-state index contributed by atoms with van der Waals surface area (Å²) in [6, 6.07) is 13.3. The summed E-state index contributed by atoms with van der Waals surface area (Å²) in [5.41, 5.74) is 0.782. The molecule has 3 rings (SSSR count). The van der Waals surface area contributed by atoms with Gasteiger partial charge in [-0.1, -0.05) is 36.4 Å². The van der Waals surface area contributed by atoms with Crippen molar-refractivity contribution in [2.45, 2.75) is 11.9 Å². The maximum absolute atomic E-state index is 13.6. The van der Waals surface area contributed by atoms with Crippen molar-refractivity contribution < 1.29 is 17.9 Å². The molecule has 0 fully saturated rings. The summed E-state index contributed by atoms with van der Waals surface area (Å²) < 4.78 is 41.2. The van der Waals surface area contributed by atoms with Crippen LogP contribution in [0, 0.1) is 5.82 Å². The number of fused-ring (bicyclic) bond motifs is 1. The molecule has 126 valence electrons. The number of aliphatic hydroxyl groups is 1. The van der Waals surface area contributed by atoms with E-state index in [1.807, 2.05) is 29.6 Å². The maximum Gasteiger partial charge on any atom is 0.215 e. The van der Waals surface area contributed by atoms with Gasteiger partial charge in [0.25, 0.3) is 0 Å². The van der Waals surface area contributed by atoms with Gasteiger partial charge in [-0.25, -0.2) is 17.5 Å². The Labute approximate surface area is 143 Å². The van der Waals surface area contributed by atoms with Gasteiger partial charge in [-0.3, -0.25) is 0 Å². The van der Waals surface area contributed by atoms with Crippen LogP contribution in [-0.4, -0.2) is 20.1 Å². The molecule has 0 aliphatic rings. The number of aliphatic hydroxyl groups excluding tert-OH is 1. The average molecular weight is 365 g/mol. The highest BCUT2D eigenvalue weighted by atomic mass is 32.2. The molecule has 1 heterocycles. The van der Waals surface area contributed by atoms with Crippen molar-refractivity contribution >= 4 is 31.4 Å². The molecular formula is C17H16FNO3S2. The fraction of sp³-hybridized carbons (Fsp3) is 0.176. The quantitative estimate of drug-likeness (QED) is 0.705. The third-order valence-electron chi connectivity index (χ3n) is 3.67. The Balaban J connectivity index is 1.69. The van der Waals surface area contributed by atoms with Crippen LogP contribution < -0.4 is 4.72 Å². The molecule has 2 aromatic carbocycles. The molecule has 7 heteroatoms. The lowest BCUT2D eigenvalue weighted by Gasteiger charge is -2.12. The van der Waals surface area contributed by atoms with E-state index >= 15 is 0 Å². The molecule has 1 atom stereocenters. The van der Waals surface area contributed by atoms with Crippen LogP contribution in [0.1, 0.15) is 17.2 Å². The topological polar surface area (TPSA) is 66.4 Å². The molecule has 0 saturated carbocycles. The predicted molar refractivity (Wildman–Crippen MR) is 93.8 cm³/mol. The summed E-state index contributed by atoms with van der Waals surface area (Å²) in [7, 11) is -3.74. The molecule has 0 spiro atoms. The lowest BCUT2D eigenvalue weighted by molar-refractivity contribution is 0.184. The van der Waals surface area contributed by atoms with E-state index in [-0.39, 0.29) is 12.1 Å². The third-order valence-corrected chi connectivity index (χ3v) is 5.95. The Morgan fingerprint density at radius 2 is 1.83 bits per heavy atom. The summed E-state index contributed by atoms with van der Waals surface area (Å²) >= 11 is 1.49. The average Bonchev–Trinajstić information content (AvgIpc) is 2.99. The fourth-order valence-corrected chi connectivity index (χ4v) is 4.61. The van der Waals surface area contributed by atoms with Crippen LogP contribution in [0.25, 0.3) is 10.1 Å². The highest BCUT2D eigenvalue weighted by Crippen LogP contribution is 2.30. The lowest BCUT2D eigenvalue weighted by atomic mass is 10.1. The van der Waals surface area contributed by atoms with E-state index in [4.69, 9.17) is 0 Å². The first-order valence-corrected chi connectivity index (χ1v) is 9.84. The molecule has 24 heavy (non-hydrogen) atoms. The number of nitrogens with one attached hydrogen (secondary N) is 1. The summed E-state index contributed by atoms with van der Waals surface area (Å²) in [6.45, 7) is -0.155. The highest BCUT2D eigenvalue weighted by Gasteiger charge is 2.18. The molecule has 0 aliphatic heterocycles. The van der Waals surface area contributed by atoms with Crippen molar-refractivity contribution in [2.24, 2.45) is 0 Å². The van der Waals surface area contributed by atoms with Crippen LogP contribution in [0.4, 0.5) is 4.39 Å². The van der Waals surface area contributed by atoms with E-state index in [9.17, 15) is 17.9 Å². The largest absolute Gasteiger partial charge is 0.387 e. The number of rotatable bonds is 6. The Hall–Kier alpha value is -1.80. The second-order valence-corrected chi connectivity index (χ2v) is 8.12. The van der Waals surface area contributed by atoms with E-state index in [2.05, 4.69) is 4.72 Å². The van der Waals surface area contributed by atoms with Gasteiger partial charge in [0.2, 0.25) is 10.0 Å². The molecule has 0 saturated heterocycles. The Morgan fingerprint density at radius 3 is 2.62 bits per heavy atom. The monoisotopic (exact) mass is 365 g/mol. The normalized spacial score (nSPS) is 13.2. The van der Waals surface area contributed by atoms with Gasteiger partial charge in [0.05, 0.1) is 11.9 Å². The van der Waals surface area contributed by atoms with Crippen molar-refractivity contribution in [1.82, 2.24) is 4.72 Å². The number of benzene rings is 2. The van der Waals surface area contributed by atoms with E-state index in [1.165, 1.54) is 29.5 Å². The smallest absolute Gasteiger partial charge is 0.215 e. The minimum Gasteiger partial charge on any atom is -0.387 e. The summed E-state index contributed by atoms with van der Waals surface area (Å²) in [4.78, 5) is 0. The zero-order valence-electron chi connectivity index (χ0n) is 12.6. The summed E-state index contributed by atoms with van der Waals surface area (Å²) in [6.07, 6.45) is -0.962. The maximum atomic E-state index is 13.6. The molecule has 1 unspecified atom stereocenters. The number of hydrogen-bond acceptors (Lipinski definition) is 4. The summed E-state index contributed by atoms with van der Waals surface area (Å²) in [5, 5.41) is 13.0. The predicted octanol–water partition coefficient (Wildman–Crippen LogP) is 3.19. The van der Waals surface area contributed by atoms with E-state index in [0.717, 1.165) is 10.1 Å². The Morgan fingerprint density at radius 1 is 1.12 bits per heavy atom. The fourth-order valence-electron chi connectivity index (χ4n) is 2.44. The first kappa shape index (κ1) is 17.0. The first-order valence-electron chi connectivity index (χ1n) is 7.31. The van der Waals surface area contributed by atoms with Gasteiger partial charge >= 0.3 is 0 Å². The van der Waals surface area contributed by atoms with E-state index < -0.39 is 27.7 Å². The molecule has 0 bridgehead atoms. The van der Waals surface area contributed by atoms with E-state index in [0.29, 0.717) is 5.56 Å². The first-order chi connectivity index (χ1) is 11.5. The van der Waals surface area contributed by atoms with Gasteiger partial charge in [0.15, 0.2) is 0 Å². The lowest BCUT2D eigenvalue weighted by Crippen LogP contribution is -2.29. The van der Waals surface area contributed by atoms with Gasteiger partial charge in [-0.05, 0) is 22.9 Å². The number of thiophene rings is 1. The Bertz CT molecular complexity index is 953. The van der Waals surface area contributed by atoms with Crippen LogP contribution in [0.5, 0.6) is 0 Å². The van der Waals surface area contributed by atoms with E-state index in [1.54, 1.807) is 6.07 Å². The highest BCUT2D eigenvalue weighted by molar-refractivity contribution is 7.88. The number of hydrogen-bond donors (Lipinski definition) is 2. The minimum atomic E-state index is -3.74. The van der Waals surface area contributed by atoms with Crippen molar-refractivity contribution in [3.8, 4) is 0 Å². The van der Waals surface area contributed by atoms with Crippen molar-refractivity contribution in [3.05, 3.63) is 70.9 Å². The van der Waals surface area contributed by atoms with Gasteiger partial charge in [-0.2, -0.15) is 0 Å². The Kier molecular flexibility index (Phi) is 4.96. The molecule has 4 nitrogen and oxygen atoms in total. The third kappa shape index (κ3) is 3.81. The standard InChI is InChI=1S/C17H16FNO3S2/c18-15-7-3-1-5-12(15)11-24(21,22)19-9-16(20)14-10-23-17-8-4-2-6-13(14)17/h1-8,10,16,19-20H,9,11H2. The molecule has 3 aromatic rings. The zero-order chi connectivity index (χ0) is 17.2. The molecule has 0 amide bonds.